The molecule has 4 nitrogen and oxygen atoms in total. The summed E-state index contributed by atoms with van der Waals surface area (Å²) < 4.78 is 5.89. The number of aliphatic hydroxyl groups excluding tert-OH is 1. The van der Waals surface area contributed by atoms with Gasteiger partial charge in [-0.1, -0.05) is 72.8 Å². The minimum Gasteiger partial charge on any atom is -0.493 e. The van der Waals surface area contributed by atoms with Crippen LogP contribution in [-0.4, -0.2) is 22.8 Å². The zero-order valence-electron chi connectivity index (χ0n) is 18.5. The van der Waals surface area contributed by atoms with Crippen molar-refractivity contribution in [2.24, 2.45) is 0 Å². The lowest BCUT2D eigenvalue weighted by molar-refractivity contribution is -0.136. The van der Waals surface area contributed by atoms with Gasteiger partial charge in [0.25, 0.3) is 0 Å². The summed E-state index contributed by atoms with van der Waals surface area (Å²) in [5.41, 5.74) is 4.31. The lowest BCUT2D eigenvalue weighted by atomic mass is 9.99. The quantitative estimate of drug-likeness (QED) is 0.336. The molecule has 1 unspecified atom stereocenters. The number of aliphatic hydroxyl groups is 1. The Kier molecular flexibility index (Phi) is 9.33. The number of aliphatic carboxylic acids is 1. The first-order valence-electron chi connectivity index (χ1n) is 11.3. The highest BCUT2D eigenvalue weighted by Crippen LogP contribution is 2.21. The van der Waals surface area contributed by atoms with E-state index in [-0.39, 0.29) is 6.42 Å². The van der Waals surface area contributed by atoms with Crippen molar-refractivity contribution in [3.05, 3.63) is 101 Å². The van der Waals surface area contributed by atoms with Gasteiger partial charge in [0.05, 0.1) is 12.7 Å². The van der Waals surface area contributed by atoms with Crippen molar-refractivity contribution in [2.45, 2.75) is 51.0 Å². The molecule has 0 saturated heterocycles. The Morgan fingerprint density at radius 2 is 1.50 bits per heavy atom. The van der Waals surface area contributed by atoms with Crippen LogP contribution in [0.3, 0.4) is 0 Å². The monoisotopic (exact) mass is 432 g/mol. The van der Waals surface area contributed by atoms with E-state index in [1.54, 1.807) is 0 Å². The maximum atomic E-state index is 10.8. The largest absolute Gasteiger partial charge is 0.493 e. The molecular weight excluding hydrogens is 400 g/mol. The number of para-hydroxylation sites is 1. The first kappa shape index (κ1) is 23.6. The van der Waals surface area contributed by atoms with E-state index < -0.39 is 12.1 Å². The van der Waals surface area contributed by atoms with E-state index in [0.29, 0.717) is 19.4 Å². The van der Waals surface area contributed by atoms with Gasteiger partial charge in [-0.3, -0.25) is 4.79 Å². The van der Waals surface area contributed by atoms with Crippen molar-refractivity contribution < 1.29 is 19.7 Å². The fourth-order valence-corrected chi connectivity index (χ4v) is 3.74. The average Bonchev–Trinajstić information content (AvgIpc) is 2.81. The van der Waals surface area contributed by atoms with Gasteiger partial charge in [-0.15, -0.1) is 0 Å². The summed E-state index contributed by atoms with van der Waals surface area (Å²) in [6.45, 7) is 0.634. The molecule has 0 fully saturated rings. The molecule has 0 aliphatic heterocycles. The molecule has 0 spiro atoms. The first-order valence-corrected chi connectivity index (χ1v) is 11.3. The normalized spacial score (nSPS) is 11.8. The second kappa shape index (κ2) is 12.7. The number of aryl methyl sites for hydroxylation is 2. The van der Waals surface area contributed by atoms with Crippen molar-refractivity contribution in [2.75, 3.05) is 6.61 Å². The van der Waals surface area contributed by atoms with Crippen LogP contribution in [-0.2, 0) is 24.1 Å². The van der Waals surface area contributed by atoms with Gasteiger partial charge >= 0.3 is 5.97 Å². The van der Waals surface area contributed by atoms with Crippen molar-refractivity contribution in [3.63, 3.8) is 0 Å². The van der Waals surface area contributed by atoms with Crippen LogP contribution in [0, 0.1) is 0 Å². The van der Waals surface area contributed by atoms with Crippen LogP contribution >= 0.6 is 0 Å². The lowest BCUT2D eigenvalue weighted by Gasteiger charge is -2.12. The summed E-state index contributed by atoms with van der Waals surface area (Å²) in [6, 6.07) is 26.0. The predicted molar refractivity (Wildman–Crippen MR) is 127 cm³/mol. The molecule has 0 aliphatic carbocycles. The second-order valence-electron chi connectivity index (χ2n) is 8.11. The molecule has 1 atom stereocenters. The number of rotatable bonds is 13. The molecule has 0 bridgehead atoms. The van der Waals surface area contributed by atoms with E-state index in [9.17, 15) is 9.90 Å². The lowest BCUT2D eigenvalue weighted by Crippen LogP contribution is -2.03. The van der Waals surface area contributed by atoms with Gasteiger partial charge in [0.1, 0.15) is 5.75 Å². The molecule has 0 radical (unpaired) electrons. The summed E-state index contributed by atoms with van der Waals surface area (Å²) in [5, 5.41) is 19.4. The topological polar surface area (TPSA) is 66.8 Å². The van der Waals surface area contributed by atoms with E-state index >= 15 is 0 Å². The number of benzene rings is 3. The van der Waals surface area contributed by atoms with E-state index in [1.807, 2.05) is 66.7 Å². The maximum absolute atomic E-state index is 10.8. The van der Waals surface area contributed by atoms with E-state index in [2.05, 4.69) is 12.1 Å². The van der Waals surface area contributed by atoms with Crippen LogP contribution in [0.2, 0.25) is 0 Å². The van der Waals surface area contributed by atoms with Gasteiger partial charge in [-0.05, 0) is 60.4 Å². The summed E-state index contributed by atoms with van der Waals surface area (Å²) in [6.07, 6.45) is 4.85. The van der Waals surface area contributed by atoms with Crippen LogP contribution in [0.15, 0.2) is 78.9 Å². The van der Waals surface area contributed by atoms with Crippen LogP contribution < -0.4 is 4.74 Å². The van der Waals surface area contributed by atoms with Crippen molar-refractivity contribution in [3.8, 4) is 5.75 Å². The maximum Gasteiger partial charge on any atom is 0.303 e. The summed E-state index contributed by atoms with van der Waals surface area (Å²) in [5.74, 6) is -0.00283. The Bertz CT molecular complexity index is 951. The van der Waals surface area contributed by atoms with Gasteiger partial charge in [0.2, 0.25) is 0 Å². The number of carboxylic acids is 1. The molecule has 4 heteroatoms. The smallest absolute Gasteiger partial charge is 0.303 e. The molecule has 168 valence electrons. The molecule has 0 amide bonds. The number of ether oxygens (including phenoxy) is 1. The van der Waals surface area contributed by atoms with Crippen LogP contribution in [0.4, 0.5) is 0 Å². The van der Waals surface area contributed by atoms with Gasteiger partial charge in [-0.25, -0.2) is 0 Å². The molecule has 0 aromatic heterocycles. The molecule has 32 heavy (non-hydrogen) atoms. The Morgan fingerprint density at radius 1 is 0.781 bits per heavy atom. The number of hydrogen-bond donors (Lipinski definition) is 2. The number of carbonyl (C=O) groups is 1. The Hall–Kier alpha value is -3.11. The molecule has 2 N–H and O–H groups in total. The SMILES string of the molecule is O=C(O)CCc1ccccc1OCCCCCc1ccc(C(O)Cc2ccccc2)cc1. The Labute approximate surface area is 190 Å². The third kappa shape index (κ3) is 7.86. The fourth-order valence-electron chi connectivity index (χ4n) is 3.74. The van der Waals surface area contributed by atoms with E-state index in [0.717, 1.165) is 48.1 Å². The van der Waals surface area contributed by atoms with Gasteiger partial charge in [0, 0.05) is 12.8 Å². The molecule has 0 aliphatic rings. The highest BCUT2D eigenvalue weighted by atomic mass is 16.5. The summed E-state index contributed by atoms with van der Waals surface area (Å²) >= 11 is 0. The molecule has 0 saturated carbocycles. The summed E-state index contributed by atoms with van der Waals surface area (Å²) in [4.78, 5) is 10.8. The van der Waals surface area contributed by atoms with E-state index in [1.165, 1.54) is 5.56 Å². The molecule has 3 aromatic rings. The zero-order chi connectivity index (χ0) is 22.6. The molecule has 0 heterocycles. The average molecular weight is 433 g/mol. The second-order valence-corrected chi connectivity index (χ2v) is 8.11. The Morgan fingerprint density at radius 3 is 2.25 bits per heavy atom. The fraction of sp³-hybridized carbons (Fsp3) is 0.321. The van der Waals surface area contributed by atoms with Gasteiger partial charge < -0.3 is 14.9 Å². The number of hydrogen-bond acceptors (Lipinski definition) is 3. The standard InChI is InChI=1S/C28H32O4/c29-26(21-23-10-3-1-4-11-23)24-16-14-22(15-17-24)9-5-2-8-20-32-27-13-7-6-12-25(27)18-19-28(30)31/h1,3-4,6-7,10-17,26,29H,2,5,8-9,18-21H2,(H,30,31). The minimum absolute atomic E-state index is 0.114. The Balaban J connectivity index is 1.35. The molecule has 3 rings (SSSR count). The van der Waals surface area contributed by atoms with Crippen molar-refractivity contribution in [1.29, 1.82) is 0 Å². The minimum atomic E-state index is -0.793. The van der Waals surface area contributed by atoms with Crippen LogP contribution in [0.1, 0.15) is 54.0 Å². The molecule has 3 aromatic carbocycles. The van der Waals surface area contributed by atoms with Crippen molar-refractivity contribution in [1.82, 2.24) is 0 Å². The van der Waals surface area contributed by atoms with Gasteiger partial charge in [0.15, 0.2) is 0 Å². The third-order valence-corrected chi connectivity index (χ3v) is 5.58. The summed E-state index contributed by atoms with van der Waals surface area (Å²) in [7, 11) is 0. The van der Waals surface area contributed by atoms with E-state index in [4.69, 9.17) is 9.84 Å². The number of carboxylic acid groups (broad SMARTS) is 1. The first-order chi connectivity index (χ1) is 15.6. The highest BCUT2D eigenvalue weighted by molar-refractivity contribution is 5.67. The van der Waals surface area contributed by atoms with Crippen LogP contribution in [0.25, 0.3) is 0 Å². The number of unbranched alkanes of at least 4 members (excludes halogenated alkanes) is 2. The molecular formula is C28H32O4. The van der Waals surface area contributed by atoms with Crippen molar-refractivity contribution >= 4 is 5.97 Å². The highest BCUT2D eigenvalue weighted by Gasteiger charge is 2.09. The van der Waals surface area contributed by atoms with Crippen LogP contribution in [0.5, 0.6) is 5.75 Å². The predicted octanol–water partition coefficient (Wildman–Crippen LogP) is 5.77. The third-order valence-electron chi connectivity index (χ3n) is 5.58. The zero-order valence-corrected chi connectivity index (χ0v) is 18.5. The van der Waals surface area contributed by atoms with Gasteiger partial charge in [-0.2, -0.15) is 0 Å².